The Hall–Kier alpha value is -2.10. The summed E-state index contributed by atoms with van der Waals surface area (Å²) in [7, 11) is 3.14. The van der Waals surface area contributed by atoms with Gasteiger partial charge in [0.1, 0.15) is 0 Å². The van der Waals surface area contributed by atoms with Crippen molar-refractivity contribution in [3.05, 3.63) is 47.5 Å². The van der Waals surface area contributed by atoms with Gasteiger partial charge in [-0.3, -0.25) is 0 Å². The third kappa shape index (κ3) is 3.75. The number of benzene rings is 2. The van der Waals surface area contributed by atoms with Gasteiger partial charge in [0.05, 0.1) is 11.4 Å². The maximum Gasteiger partial charge on any atom is 0.240 e. The topological polar surface area (TPSA) is 58.9 Å². The molecular formula is C16H12N2O2S2. The summed E-state index contributed by atoms with van der Waals surface area (Å²) in [6.07, 6.45) is 3.13. The Bertz CT molecular complexity index is 725. The number of hydrogen-bond donors (Lipinski definition) is 0. The van der Waals surface area contributed by atoms with E-state index in [1.54, 1.807) is 45.9 Å². The highest BCUT2D eigenvalue weighted by atomic mass is 33.1. The molecule has 0 atom stereocenters. The van der Waals surface area contributed by atoms with Gasteiger partial charge in [-0.25, -0.2) is 9.59 Å². The van der Waals surface area contributed by atoms with E-state index in [-0.39, 0.29) is 0 Å². The first kappa shape index (κ1) is 16.3. The number of carbonyl (C=O) groups excluding carboxylic acids is 2. The van der Waals surface area contributed by atoms with Crippen molar-refractivity contribution in [2.45, 2.75) is 23.6 Å². The molecule has 4 nitrogen and oxygen atoms in total. The molecule has 0 spiro atoms. The normalized spacial score (nSPS) is 9.73. The molecule has 22 heavy (non-hydrogen) atoms. The van der Waals surface area contributed by atoms with E-state index in [2.05, 4.69) is 9.98 Å². The number of isocyanates is 2. The molecule has 0 aliphatic rings. The molecule has 110 valence electrons. The minimum atomic E-state index is 0.622. The Morgan fingerprint density at radius 1 is 0.773 bits per heavy atom. The highest BCUT2D eigenvalue weighted by Gasteiger charge is 2.08. The highest BCUT2D eigenvalue weighted by molar-refractivity contribution is 8.76. The molecule has 0 amide bonds. The van der Waals surface area contributed by atoms with Gasteiger partial charge in [0.15, 0.2) is 0 Å². The van der Waals surface area contributed by atoms with Crippen LogP contribution in [0.15, 0.2) is 56.2 Å². The molecule has 2 aromatic carbocycles. The molecule has 0 fully saturated rings. The average molecular weight is 328 g/mol. The van der Waals surface area contributed by atoms with Gasteiger partial charge in [0.2, 0.25) is 12.2 Å². The van der Waals surface area contributed by atoms with E-state index in [9.17, 15) is 9.59 Å². The molecule has 0 aliphatic heterocycles. The summed E-state index contributed by atoms with van der Waals surface area (Å²) in [4.78, 5) is 30.3. The molecule has 0 radical (unpaired) electrons. The molecule has 2 aromatic rings. The van der Waals surface area contributed by atoms with Crippen molar-refractivity contribution in [1.29, 1.82) is 0 Å². The molecule has 2 rings (SSSR count). The monoisotopic (exact) mass is 328 g/mol. The van der Waals surface area contributed by atoms with Gasteiger partial charge in [-0.2, -0.15) is 9.98 Å². The second-order valence-electron chi connectivity index (χ2n) is 4.37. The smallest absolute Gasteiger partial charge is 0.211 e. The first-order valence-corrected chi connectivity index (χ1v) is 8.52. The number of rotatable bonds is 5. The van der Waals surface area contributed by atoms with Crippen LogP contribution in [0, 0.1) is 13.8 Å². The van der Waals surface area contributed by atoms with Crippen LogP contribution in [0.5, 0.6) is 0 Å². The summed E-state index contributed by atoms with van der Waals surface area (Å²) in [6, 6.07) is 11.2. The molecular weight excluding hydrogens is 316 g/mol. The van der Waals surface area contributed by atoms with Crippen LogP contribution in [0.25, 0.3) is 0 Å². The second kappa shape index (κ2) is 7.78. The fraction of sp³-hybridized carbons (Fsp3) is 0.125. The first-order chi connectivity index (χ1) is 10.7. The third-order valence-corrected chi connectivity index (χ3v) is 5.72. The average Bonchev–Trinajstić information content (AvgIpc) is 2.52. The van der Waals surface area contributed by atoms with Crippen molar-refractivity contribution in [3.8, 4) is 0 Å². The van der Waals surface area contributed by atoms with Gasteiger partial charge < -0.3 is 0 Å². The van der Waals surface area contributed by atoms with Crippen LogP contribution < -0.4 is 0 Å². The van der Waals surface area contributed by atoms with Crippen molar-refractivity contribution >= 4 is 45.1 Å². The standard InChI is InChI=1S/C16H12N2O2S2/c1-11-13(17-9-19)5-3-7-15(11)21-22-16-8-4-6-14(12(16)2)18-10-20/h3-8H,1-2H3. The molecule has 0 unspecified atom stereocenters. The van der Waals surface area contributed by atoms with Crippen LogP contribution in [0.2, 0.25) is 0 Å². The van der Waals surface area contributed by atoms with E-state index in [4.69, 9.17) is 0 Å². The molecule has 0 saturated heterocycles. The summed E-state index contributed by atoms with van der Waals surface area (Å²) in [6.45, 7) is 3.83. The minimum Gasteiger partial charge on any atom is -0.211 e. The van der Waals surface area contributed by atoms with E-state index in [0.717, 1.165) is 20.9 Å². The Morgan fingerprint density at radius 3 is 1.55 bits per heavy atom. The van der Waals surface area contributed by atoms with Gasteiger partial charge in [0.25, 0.3) is 0 Å². The largest absolute Gasteiger partial charge is 0.240 e. The minimum absolute atomic E-state index is 0.622. The van der Waals surface area contributed by atoms with Crippen LogP contribution in [0.4, 0.5) is 11.4 Å². The third-order valence-electron chi connectivity index (χ3n) is 3.06. The van der Waals surface area contributed by atoms with Crippen LogP contribution in [-0.2, 0) is 9.59 Å². The predicted molar refractivity (Wildman–Crippen MR) is 89.6 cm³/mol. The van der Waals surface area contributed by atoms with Gasteiger partial charge in [0, 0.05) is 9.79 Å². The van der Waals surface area contributed by atoms with Gasteiger partial charge in [-0.15, -0.1) is 0 Å². The van der Waals surface area contributed by atoms with Gasteiger partial charge in [-0.05, 0) is 49.2 Å². The van der Waals surface area contributed by atoms with Crippen molar-refractivity contribution in [2.24, 2.45) is 9.98 Å². The lowest BCUT2D eigenvalue weighted by Crippen LogP contribution is -1.81. The predicted octanol–water partition coefficient (Wildman–Crippen LogP) is 5.04. The summed E-state index contributed by atoms with van der Waals surface area (Å²) in [5.74, 6) is 0. The molecule has 0 saturated carbocycles. The summed E-state index contributed by atoms with van der Waals surface area (Å²) in [5.41, 5.74) is 3.11. The maximum absolute atomic E-state index is 10.4. The van der Waals surface area contributed by atoms with Gasteiger partial charge >= 0.3 is 0 Å². The second-order valence-corrected chi connectivity index (χ2v) is 6.59. The molecule has 0 heterocycles. The van der Waals surface area contributed by atoms with Crippen LogP contribution in [0.3, 0.4) is 0 Å². The summed E-state index contributed by atoms with van der Waals surface area (Å²) >= 11 is 0. The Balaban J connectivity index is 2.24. The van der Waals surface area contributed by atoms with Crippen LogP contribution >= 0.6 is 21.6 Å². The number of nitrogens with zero attached hydrogens (tertiary/aromatic N) is 2. The van der Waals surface area contributed by atoms with E-state index >= 15 is 0 Å². The van der Waals surface area contributed by atoms with Crippen LogP contribution in [0.1, 0.15) is 11.1 Å². The fourth-order valence-electron chi connectivity index (χ4n) is 1.82. The zero-order valence-electron chi connectivity index (χ0n) is 12.0. The fourth-order valence-corrected chi connectivity index (χ4v) is 4.35. The molecule has 0 bridgehead atoms. The Labute approximate surface area is 136 Å². The Morgan fingerprint density at radius 2 is 1.18 bits per heavy atom. The maximum atomic E-state index is 10.4. The first-order valence-electron chi connectivity index (χ1n) is 6.37. The Kier molecular flexibility index (Phi) is 5.75. The van der Waals surface area contributed by atoms with Crippen molar-refractivity contribution in [3.63, 3.8) is 0 Å². The number of hydrogen-bond acceptors (Lipinski definition) is 6. The quantitative estimate of drug-likeness (QED) is 0.438. The van der Waals surface area contributed by atoms with E-state index in [0.29, 0.717) is 11.4 Å². The molecule has 0 aliphatic carbocycles. The van der Waals surface area contributed by atoms with Crippen molar-refractivity contribution < 1.29 is 9.59 Å². The van der Waals surface area contributed by atoms with E-state index in [1.807, 2.05) is 38.1 Å². The lowest BCUT2D eigenvalue weighted by atomic mass is 10.2. The summed E-state index contributed by atoms with van der Waals surface area (Å²) in [5, 5.41) is 0. The van der Waals surface area contributed by atoms with Crippen LogP contribution in [-0.4, -0.2) is 12.2 Å². The number of aliphatic imine (C=N–C) groups is 2. The SMILES string of the molecule is Cc1c(N=C=O)cccc1SSc1cccc(N=C=O)c1C. The van der Waals surface area contributed by atoms with Gasteiger partial charge in [-0.1, -0.05) is 33.7 Å². The lowest BCUT2D eigenvalue weighted by molar-refractivity contribution is 0.564. The highest BCUT2D eigenvalue weighted by Crippen LogP contribution is 2.43. The molecule has 0 N–H and O–H groups in total. The van der Waals surface area contributed by atoms with Crippen molar-refractivity contribution in [2.75, 3.05) is 0 Å². The molecule has 6 heteroatoms. The van der Waals surface area contributed by atoms with Crippen molar-refractivity contribution in [1.82, 2.24) is 0 Å². The van der Waals surface area contributed by atoms with E-state index < -0.39 is 0 Å². The summed E-state index contributed by atoms with van der Waals surface area (Å²) < 4.78 is 0. The zero-order valence-corrected chi connectivity index (χ0v) is 13.6. The van der Waals surface area contributed by atoms with E-state index in [1.165, 1.54) is 0 Å². The lowest BCUT2D eigenvalue weighted by Gasteiger charge is -2.09. The zero-order chi connectivity index (χ0) is 15.9. The molecule has 0 aromatic heterocycles.